The van der Waals surface area contributed by atoms with Gasteiger partial charge in [-0.2, -0.15) is 0 Å². The summed E-state index contributed by atoms with van der Waals surface area (Å²) in [6.45, 7) is 14.1. The maximum atomic E-state index is 14.9. The van der Waals surface area contributed by atoms with Gasteiger partial charge in [0.1, 0.15) is 11.6 Å². The topological polar surface area (TPSA) is 33.6 Å². The van der Waals surface area contributed by atoms with Crippen LogP contribution in [-0.2, 0) is 0 Å². The minimum absolute atomic E-state index is 0.0539. The third-order valence-electron chi connectivity index (χ3n) is 5.64. The van der Waals surface area contributed by atoms with Crippen LogP contribution in [0.2, 0.25) is 23.2 Å². The lowest BCUT2D eigenvalue weighted by Crippen LogP contribution is -2.43. The van der Waals surface area contributed by atoms with Crippen LogP contribution in [0.3, 0.4) is 0 Å². The van der Waals surface area contributed by atoms with Crippen molar-refractivity contribution in [3.05, 3.63) is 57.9 Å². The fourth-order valence-corrected chi connectivity index (χ4v) is 4.19. The Morgan fingerprint density at radius 3 is 2.57 bits per heavy atom. The Balaban J connectivity index is 2.11. The Labute approximate surface area is 173 Å². The fourth-order valence-electron chi connectivity index (χ4n) is 2.91. The van der Waals surface area contributed by atoms with Gasteiger partial charge in [0.25, 0.3) is 0 Å². The van der Waals surface area contributed by atoms with E-state index in [1.54, 1.807) is 12.1 Å². The van der Waals surface area contributed by atoms with E-state index in [2.05, 4.69) is 44.2 Å². The highest BCUT2D eigenvalue weighted by molar-refractivity contribution is 6.74. The van der Waals surface area contributed by atoms with E-state index >= 15 is 0 Å². The van der Waals surface area contributed by atoms with Crippen molar-refractivity contribution in [3.8, 4) is 5.75 Å². The highest BCUT2D eigenvalue weighted by atomic mass is 35.5. The second kappa shape index (κ2) is 7.52. The molecule has 0 fully saturated rings. The monoisotopic (exact) mass is 418 g/mol. The zero-order chi connectivity index (χ0) is 20.7. The van der Waals surface area contributed by atoms with Crippen molar-refractivity contribution in [2.45, 2.75) is 45.8 Å². The van der Waals surface area contributed by atoms with Crippen molar-refractivity contribution < 1.29 is 8.82 Å². The second-order valence-electron chi connectivity index (χ2n) is 8.78. The van der Waals surface area contributed by atoms with Crippen LogP contribution in [0.25, 0.3) is 0 Å². The first kappa shape index (κ1) is 20.9. The van der Waals surface area contributed by atoms with Gasteiger partial charge in [0.2, 0.25) is 8.32 Å². The van der Waals surface area contributed by atoms with Crippen molar-refractivity contribution >= 4 is 31.3 Å². The maximum absolute atomic E-state index is 14.9. The number of nitrogens with one attached hydrogen (secondary N) is 1. The average molecular weight is 419 g/mol. The molecule has 2 aromatic carbocycles. The zero-order valence-electron chi connectivity index (χ0n) is 17.4. The number of benzodiazepines with no additional fused rings is 1. The largest absolute Gasteiger partial charge is 0.543 e. The lowest BCUT2D eigenvalue weighted by molar-refractivity contribution is 0.490. The van der Waals surface area contributed by atoms with Gasteiger partial charge in [-0.1, -0.05) is 38.4 Å². The average Bonchev–Trinajstić information content (AvgIpc) is 2.81. The number of rotatable bonds is 3. The zero-order valence-corrected chi connectivity index (χ0v) is 19.2. The molecular weight excluding hydrogens is 391 g/mol. The lowest BCUT2D eigenvalue weighted by atomic mass is 9.98. The number of anilines is 1. The predicted octanol–water partition coefficient (Wildman–Crippen LogP) is 6.43. The molecule has 0 spiro atoms. The molecule has 1 aliphatic rings. The summed E-state index contributed by atoms with van der Waals surface area (Å²) in [5.74, 6) is 0.347. The molecule has 1 N–H and O–H groups in total. The molecule has 3 rings (SSSR count). The minimum atomic E-state index is -2.04. The molecule has 0 atom stereocenters. The summed E-state index contributed by atoms with van der Waals surface area (Å²) in [5.41, 5.74) is 3.57. The van der Waals surface area contributed by atoms with E-state index in [9.17, 15) is 4.39 Å². The number of hydrogen-bond acceptors (Lipinski definition) is 3. The van der Waals surface area contributed by atoms with E-state index in [1.807, 2.05) is 19.1 Å². The summed E-state index contributed by atoms with van der Waals surface area (Å²) in [7, 11) is -2.04. The maximum Gasteiger partial charge on any atom is 0.250 e. The summed E-state index contributed by atoms with van der Waals surface area (Å²) in [5, 5.41) is 3.99. The van der Waals surface area contributed by atoms with Crippen molar-refractivity contribution in [1.82, 2.24) is 0 Å². The molecule has 0 saturated heterocycles. The molecule has 0 radical (unpaired) electrons. The molecule has 3 nitrogen and oxygen atoms in total. The third kappa shape index (κ3) is 3.96. The lowest BCUT2D eigenvalue weighted by Gasteiger charge is -2.36. The molecule has 0 amide bonds. The smallest absolute Gasteiger partial charge is 0.250 e. The number of benzene rings is 2. The number of halogens is 2. The molecule has 1 aliphatic heterocycles. The van der Waals surface area contributed by atoms with Gasteiger partial charge in [0.05, 0.1) is 17.3 Å². The molecule has 0 saturated carbocycles. The van der Waals surface area contributed by atoms with Crippen LogP contribution >= 0.6 is 11.6 Å². The van der Waals surface area contributed by atoms with Gasteiger partial charge in [0.15, 0.2) is 0 Å². The molecule has 0 aliphatic carbocycles. The minimum Gasteiger partial charge on any atom is -0.543 e. The second-order valence-corrected chi connectivity index (χ2v) is 13.9. The van der Waals surface area contributed by atoms with Crippen molar-refractivity contribution in [3.63, 3.8) is 0 Å². The van der Waals surface area contributed by atoms with Gasteiger partial charge in [-0.3, -0.25) is 4.99 Å². The molecule has 0 bridgehead atoms. The van der Waals surface area contributed by atoms with E-state index in [1.165, 1.54) is 6.07 Å². The van der Waals surface area contributed by atoms with E-state index in [4.69, 9.17) is 16.0 Å². The summed E-state index contributed by atoms with van der Waals surface area (Å²) in [6.07, 6.45) is 0. The van der Waals surface area contributed by atoms with Crippen molar-refractivity contribution in [2.24, 2.45) is 4.99 Å². The first-order chi connectivity index (χ1) is 13.0. The number of nitrogens with zero attached hydrogens (tertiary/aromatic N) is 1. The Kier molecular flexibility index (Phi) is 5.61. The molecular formula is C22H28ClFN2OSi. The number of fused-ring (bicyclic) bond motifs is 1. The summed E-state index contributed by atoms with van der Waals surface area (Å²) in [4.78, 5) is 4.67. The van der Waals surface area contributed by atoms with E-state index in [0.29, 0.717) is 35.1 Å². The SMILES string of the molecule is Cc1ccc2c(c1Cl)C(c1cc(O[Si](C)(C)C(C)(C)C)ccc1F)=NCCN2. The number of hydrogen-bond donors (Lipinski definition) is 1. The Hall–Kier alpha value is -1.85. The van der Waals surface area contributed by atoms with Gasteiger partial charge in [-0.05, 0) is 54.9 Å². The first-order valence-electron chi connectivity index (χ1n) is 9.58. The number of aryl methyl sites for hydroxylation is 1. The Morgan fingerprint density at radius 1 is 1.18 bits per heavy atom. The Morgan fingerprint density at radius 2 is 1.89 bits per heavy atom. The van der Waals surface area contributed by atoms with Crippen LogP contribution in [0.5, 0.6) is 5.75 Å². The van der Waals surface area contributed by atoms with Crippen molar-refractivity contribution in [2.75, 3.05) is 18.4 Å². The van der Waals surface area contributed by atoms with Crippen LogP contribution in [0.1, 0.15) is 37.5 Å². The van der Waals surface area contributed by atoms with Crippen LogP contribution in [0.15, 0.2) is 35.3 Å². The molecule has 2 aromatic rings. The highest BCUT2D eigenvalue weighted by Gasteiger charge is 2.39. The molecule has 0 unspecified atom stereocenters. The summed E-state index contributed by atoms with van der Waals surface area (Å²) < 4.78 is 21.3. The molecule has 28 heavy (non-hydrogen) atoms. The van der Waals surface area contributed by atoms with Crippen LogP contribution in [0.4, 0.5) is 10.1 Å². The number of aliphatic imine (C=N–C) groups is 1. The van der Waals surface area contributed by atoms with Crippen LogP contribution in [-0.4, -0.2) is 27.1 Å². The Bertz CT molecular complexity index is 935. The highest BCUT2D eigenvalue weighted by Crippen LogP contribution is 2.38. The molecule has 6 heteroatoms. The van der Waals surface area contributed by atoms with E-state index in [0.717, 1.165) is 16.8 Å². The van der Waals surface area contributed by atoms with Crippen LogP contribution in [0, 0.1) is 12.7 Å². The van der Waals surface area contributed by atoms with Gasteiger partial charge in [-0.25, -0.2) is 4.39 Å². The van der Waals surface area contributed by atoms with E-state index in [-0.39, 0.29) is 10.9 Å². The standard InChI is InChI=1S/C22H28ClFN2OSi/c1-14-7-10-18-19(20(14)23)21(26-12-11-25-18)16-13-15(8-9-17(16)24)27-28(5,6)22(2,3)4/h7-10,13,25H,11-12H2,1-6H3. The normalized spacial score (nSPS) is 14.6. The molecule has 0 aromatic heterocycles. The van der Waals surface area contributed by atoms with Gasteiger partial charge in [0, 0.05) is 23.4 Å². The van der Waals surface area contributed by atoms with Gasteiger partial charge < -0.3 is 9.74 Å². The first-order valence-corrected chi connectivity index (χ1v) is 12.9. The van der Waals surface area contributed by atoms with E-state index < -0.39 is 8.32 Å². The van der Waals surface area contributed by atoms with Gasteiger partial charge >= 0.3 is 0 Å². The third-order valence-corrected chi connectivity index (χ3v) is 10.5. The molecule has 150 valence electrons. The summed E-state index contributed by atoms with van der Waals surface area (Å²) >= 11 is 6.62. The fraction of sp³-hybridized carbons (Fsp3) is 0.409. The summed E-state index contributed by atoms with van der Waals surface area (Å²) in [6, 6.07) is 8.87. The van der Waals surface area contributed by atoms with Crippen LogP contribution < -0.4 is 9.74 Å². The molecule has 1 heterocycles. The predicted molar refractivity (Wildman–Crippen MR) is 119 cm³/mol. The van der Waals surface area contributed by atoms with Crippen molar-refractivity contribution in [1.29, 1.82) is 0 Å². The quantitative estimate of drug-likeness (QED) is 0.582. The van der Waals surface area contributed by atoms with Gasteiger partial charge in [-0.15, -0.1) is 0 Å².